The van der Waals surface area contributed by atoms with Crippen LogP contribution in [0.1, 0.15) is 18.4 Å². The monoisotopic (exact) mass is 344 g/mol. The molecule has 1 saturated heterocycles. The van der Waals surface area contributed by atoms with E-state index in [0.717, 1.165) is 5.56 Å². The zero-order chi connectivity index (χ0) is 18.2. The lowest BCUT2D eigenvalue weighted by Crippen LogP contribution is -2.47. The van der Waals surface area contributed by atoms with Crippen LogP contribution in [0.3, 0.4) is 0 Å². The van der Waals surface area contributed by atoms with Gasteiger partial charge in [-0.25, -0.2) is 4.39 Å². The molecule has 0 aromatic heterocycles. The van der Waals surface area contributed by atoms with Gasteiger partial charge in [0.25, 0.3) is 0 Å². The summed E-state index contributed by atoms with van der Waals surface area (Å²) in [7, 11) is 0. The number of benzene rings is 1. The minimum Gasteiger partial charge on any atom is -0.342 e. The van der Waals surface area contributed by atoms with Crippen LogP contribution < -0.4 is 0 Å². The average molecular weight is 344 g/mol. The van der Waals surface area contributed by atoms with E-state index in [0.29, 0.717) is 45.4 Å². The molecule has 1 aromatic carbocycles. The lowest BCUT2D eigenvalue weighted by atomic mass is 9.95. The van der Waals surface area contributed by atoms with Crippen molar-refractivity contribution < 1.29 is 14.0 Å². The Morgan fingerprint density at radius 3 is 2.68 bits per heavy atom. The van der Waals surface area contributed by atoms with Gasteiger partial charge in [-0.05, 0) is 30.5 Å². The molecule has 2 rings (SSSR count). The van der Waals surface area contributed by atoms with Crippen molar-refractivity contribution in [1.29, 1.82) is 0 Å². The molecule has 1 heterocycles. The Kier molecular flexibility index (Phi) is 6.92. The third kappa shape index (κ3) is 5.28. The van der Waals surface area contributed by atoms with Gasteiger partial charge >= 0.3 is 0 Å². The predicted molar refractivity (Wildman–Crippen MR) is 96.4 cm³/mol. The van der Waals surface area contributed by atoms with Gasteiger partial charge in [-0.1, -0.05) is 24.3 Å². The van der Waals surface area contributed by atoms with Crippen LogP contribution in [-0.2, 0) is 16.0 Å². The zero-order valence-electron chi connectivity index (χ0n) is 14.5. The summed E-state index contributed by atoms with van der Waals surface area (Å²) < 4.78 is 13.3. The number of nitrogens with zero attached hydrogens (tertiary/aromatic N) is 2. The first-order valence-corrected chi connectivity index (χ1v) is 8.58. The Hall–Kier alpha value is -2.43. The Balaban J connectivity index is 1.97. The number of likely N-dealkylation sites (tertiary alicyclic amines) is 1. The van der Waals surface area contributed by atoms with Crippen LogP contribution in [0.15, 0.2) is 49.6 Å². The van der Waals surface area contributed by atoms with E-state index in [9.17, 15) is 14.0 Å². The molecule has 1 fully saturated rings. The van der Waals surface area contributed by atoms with Crippen LogP contribution >= 0.6 is 0 Å². The van der Waals surface area contributed by atoms with E-state index in [4.69, 9.17) is 0 Å². The van der Waals surface area contributed by atoms with Crippen molar-refractivity contribution in [2.75, 3.05) is 26.2 Å². The second kappa shape index (κ2) is 9.16. The maximum atomic E-state index is 13.3. The van der Waals surface area contributed by atoms with E-state index in [1.54, 1.807) is 28.0 Å². The molecule has 1 aliphatic heterocycles. The Morgan fingerprint density at radius 1 is 1.32 bits per heavy atom. The lowest BCUT2D eigenvalue weighted by Gasteiger charge is -2.34. The third-order valence-corrected chi connectivity index (χ3v) is 4.42. The minimum absolute atomic E-state index is 0.0306. The normalized spacial score (nSPS) is 17.2. The molecule has 25 heavy (non-hydrogen) atoms. The first-order valence-electron chi connectivity index (χ1n) is 8.58. The molecule has 0 bridgehead atoms. The summed E-state index contributed by atoms with van der Waals surface area (Å²) in [6, 6.07) is 6.39. The van der Waals surface area contributed by atoms with Crippen LogP contribution in [0.5, 0.6) is 0 Å². The van der Waals surface area contributed by atoms with Gasteiger partial charge in [0, 0.05) is 32.6 Å². The third-order valence-electron chi connectivity index (χ3n) is 4.42. The molecule has 0 radical (unpaired) electrons. The topological polar surface area (TPSA) is 40.6 Å². The number of carbonyl (C=O) groups excluding carboxylic acids is 2. The van der Waals surface area contributed by atoms with Crippen molar-refractivity contribution >= 4 is 11.8 Å². The maximum absolute atomic E-state index is 13.3. The molecule has 0 unspecified atom stereocenters. The van der Waals surface area contributed by atoms with Gasteiger partial charge in [0.1, 0.15) is 5.82 Å². The molecule has 0 spiro atoms. The number of piperidine rings is 1. The van der Waals surface area contributed by atoms with Crippen molar-refractivity contribution in [3.63, 3.8) is 0 Å². The van der Waals surface area contributed by atoms with E-state index in [2.05, 4.69) is 13.2 Å². The van der Waals surface area contributed by atoms with Crippen LogP contribution in [0.4, 0.5) is 4.39 Å². The maximum Gasteiger partial charge on any atom is 0.228 e. The van der Waals surface area contributed by atoms with Crippen molar-refractivity contribution in [2.45, 2.75) is 19.3 Å². The van der Waals surface area contributed by atoms with Crippen LogP contribution in [0.2, 0.25) is 0 Å². The molecule has 1 aliphatic rings. The highest BCUT2D eigenvalue weighted by molar-refractivity contribution is 5.84. The number of hydrogen-bond donors (Lipinski definition) is 0. The van der Waals surface area contributed by atoms with Crippen molar-refractivity contribution in [3.05, 3.63) is 61.0 Å². The number of carbonyl (C=O) groups is 2. The average Bonchev–Trinajstić information content (AvgIpc) is 2.60. The fourth-order valence-electron chi connectivity index (χ4n) is 3.11. The highest BCUT2D eigenvalue weighted by Gasteiger charge is 2.32. The summed E-state index contributed by atoms with van der Waals surface area (Å²) in [6.07, 6.45) is 4.90. The van der Waals surface area contributed by atoms with Crippen LogP contribution in [-0.4, -0.2) is 47.8 Å². The smallest absolute Gasteiger partial charge is 0.228 e. The standard InChI is InChI=1S/C20H25FN2O2/c1-3-11-22(12-4-2)20(25)17-8-9-19(24)23(15-17)13-10-16-6-5-7-18(21)14-16/h3-7,14,17H,1-2,8-13,15H2/t17-/m0/s1. The summed E-state index contributed by atoms with van der Waals surface area (Å²) in [6.45, 7) is 9.22. The first kappa shape index (κ1) is 18.9. The molecule has 134 valence electrons. The van der Waals surface area contributed by atoms with Gasteiger partial charge in [0.05, 0.1) is 5.92 Å². The number of hydrogen-bond acceptors (Lipinski definition) is 2. The summed E-state index contributed by atoms with van der Waals surface area (Å²) >= 11 is 0. The molecular weight excluding hydrogens is 319 g/mol. The van der Waals surface area contributed by atoms with Crippen molar-refractivity contribution in [2.24, 2.45) is 5.92 Å². The van der Waals surface area contributed by atoms with Gasteiger partial charge < -0.3 is 9.80 Å². The fraction of sp³-hybridized carbons (Fsp3) is 0.400. The second-order valence-corrected chi connectivity index (χ2v) is 6.28. The van der Waals surface area contributed by atoms with E-state index in [1.807, 2.05) is 6.07 Å². The Bertz CT molecular complexity index is 634. The van der Waals surface area contributed by atoms with E-state index < -0.39 is 0 Å². The highest BCUT2D eigenvalue weighted by atomic mass is 19.1. The first-order chi connectivity index (χ1) is 12.0. The van der Waals surface area contributed by atoms with E-state index >= 15 is 0 Å². The second-order valence-electron chi connectivity index (χ2n) is 6.28. The van der Waals surface area contributed by atoms with E-state index in [-0.39, 0.29) is 23.5 Å². The number of halogens is 1. The van der Waals surface area contributed by atoms with E-state index in [1.165, 1.54) is 12.1 Å². The van der Waals surface area contributed by atoms with Crippen LogP contribution in [0, 0.1) is 11.7 Å². The predicted octanol–water partition coefficient (Wildman–Crippen LogP) is 2.81. The molecule has 2 amide bonds. The summed E-state index contributed by atoms with van der Waals surface area (Å²) in [4.78, 5) is 28.3. The molecule has 4 nitrogen and oxygen atoms in total. The zero-order valence-corrected chi connectivity index (χ0v) is 14.5. The van der Waals surface area contributed by atoms with Gasteiger partial charge in [-0.15, -0.1) is 13.2 Å². The summed E-state index contributed by atoms with van der Waals surface area (Å²) in [5.74, 6) is -0.396. The molecule has 0 N–H and O–H groups in total. The Labute approximate surface area is 148 Å². The molecule has 0 aliphatic carbocycles. The summed E-state index contributed by atoms with van der Waals surface area (Å²) in [5.41, 5.74) is 0.848. The fourth-order valence-corrected chi connectivity index (χ4v) is 3.11. The highest BCUT2D eigenvalue weighted by Crippen LogP contribution is 2.20. The lowest BCUT2D eigenvalue weighted by molar-refractivity contribution is -0.142. The largest absolute Gasteiger partial charge is 0.342 e. The Morgan fingerprint density at radius 2 is 2.04 bits per heavy atom. The molecule has 1 atom stereocenters. The minimum atomic E-state index is -0.278. The molecule has 5 heteroatoms. The van der Waals surface area contributed by atoms with Gasteiger partial charge in [-0.3, -0.25) is 9.59 Å². The van der Waals surface area contributed by atoms with Gasteiger partial charge in [0.15, 0.2) is 0 Å². The van der Waals surface area contributed by atoms with Gasteiger partial charge in [-0.2, -0.15) is 0 Å². The summed E-state index contributed by atoms with van der Waals surface area (Å²) in [5, 5.41) is 0. The molecule has 0 saturated carbocycles. The van der Waals surface area contributed by atoms with Crippen molar-refractivity contribution in [1.82, 2.24) is 9.80 Å². The number of rotatable bonds is 8. The SMILES string of the molecule is C=CCN(CC=C)C(=O)[C@H]1CCC(=O)N(CCc2cccc(F)c2)C1. The number of amides is 2. The van der Waals surface area contributed by atoms with Gasteiger partial charge in [0.2, 0.25) is 11.8 Å². The van der Waals surface area contributed by atoms with Crippen molar-refractivity contribution in [3.8, 4) is 0 Å². The quantitative estimate of drug-likeness (QED) is 0.681. The molecule has 1 aromatic rings. The molecular formula is C20H25FN2O2. The van der Waals surface area contributed by atoms with Crippen LogP contribution in [0.25, 0.3) is 0 Å².